The SMILES string of the molecule is CCOc1ccc(NC(=O)C2(c3ccccc3)CCOCC2)cn1. The van der Waals surface area contributed by atoms with Crippen LogP contribution in [0.5, 0.6) is 5.88 Å². The molecular weight excluding hydrogens is 304 g/mol. The van der Waals surface area contributed by atoms with Gasteiger partial charge in [0.25, 0.3) is 0 Å². The van der Waals surface area contributed by atoms with Gasteiger partial charge in [-0.05, 0) is 31.4 Å². The van der Waals surface area contributed by atoms with Gasteiger partial charge in [0.2, 0.25) is 11.8 Å². The molecule has 1 fully saturated rings. The van der Waals surface area contributed by atoms with Crippen LogP contribution < -0.4 is 10.1 Å². The van der Waals surface area contributed by atoms with E-state index in [9.17, 15) is 4.79 Å². The van der Waals surface area contributed by atoms with Gasteiger partial charge in [0, 0.05) is 19.3 Å². The monoisotopic (exact) mass is 326 g/mol. The average Bonchev–Trinajstić information content (AvgIpc) is 2.65. The number of pyridine rings is 1. The Morgan fingerprint density at radius 2 is 1.96 bits per heavy atom. The minimum atomic E-state index is -0.557. The lowest BCUT2D eigenvalue weighted by molar-refractivity contribution is -0.125. The van der Waals surface area contributed by atoms with Crippen molar-refractivity contribution >= 4 is 11.6 Å². The average molecular weight is 326 g/mol. The molecule has 1 aliphatic rings. The second-order valence-electron chi connectivity index (χ2n) is 5.83. The van der Waals surface area contributed by atoms with E-state index in [1.54, 1.807) is 12.3 Å². The van der Waals surface area contributed by atoms with Crippen molar-refractivity contribution in [2.24, 2.45) is 0 Å². The van der Waals surface area contributed by atoms with Gasteiger partial charge in [-0.3, -0.25) is 4.79 Å². The molecule has 0 spiro atoms. The molecule has 5 nitrogen and oxygen atoms in total. The third-order valence-corrected chi connectivity index (χ3v) is 4.39. The Bertz CT molecular complexity index is 665. The second kappa shape index (κ2) is 7.45. The van der Waals surface area contributed by atoms with Gasteiger partial charge in [-0.2, -0.15) is 0 Å². The van der Waals surface area contributed by atoms with Crippen LogP contribution in [0.2, 0.25) is 0 Å². The van der Waals surface area contributed by atoms with Crippen molar-refractivity contribution in [3.05, 3.63) is 54.2 Å². The van der Waals surface area contributed by atoms with Crippen LogP contribution in [0.3, 0.4) is 0 Å². The van der Waals surface area contributed by atoms with E-state index in [-0.39, 0.29) is 5.91 Å². The molecule has 1 aromatic carbocycles. The molecule has 1 aliphatic heterocycles. The zero-order valence-electron chi connectivity index (χ0n) is 13.8. The van der Waals surface area contributed by atoms with Gasteiger partial charge in [-0.15, -0.1) is 0 Å². The van der Waals surface area contributed by atoms with E-state index in [0.717, 1.165) is 5.56 Å². The molecule has 0 saturated carbocycles. The van der Waals surface area contributed by atoms with Gasteiger partial charge in [-0.25, -0.2) is 4.98 Å². The number of aromatic nitrogens is 1. The summed E-state index contributed by atoms with van der Waals surface area (Å²) in [5.74, 6) is 0.544. The molecule has 3 rings (SSSR count). The van der Waals surface area contributed by atoms with Crippen LogP contribution >= 0.6 is 0 Å². The van der Waals surface area contributed by atoms with Gasteiger partial charge in [-0.1, -0.05) is 30.3 Å². The Morgan fingerprint density at radius 3 is 2.58 bits per heavy atom. The highest BCUT2D eigenvalue weighted by Gasteiger charge is 2.41. The van der Waals surface area contributed by atoms with Crippen molar-refractivity contribution in [2.45, 2.75) is 25.2 Å². The van der Waals surface area contributed by atoms with E-state index in [0.29, 0.717) is 44.2 Å². The number of anilines is 1. The van der Waals surface area contributed by atoms with E-state index in [4.69, 9.17) is 9.47 Å². The third kappa shape index (κ3) is 3.41. The maximum Gasteiger partial charge on any atom is 0.235 e. The first kappa shape index (κ1) is 16.5. The van der Waals surface area contributed by atoms with Crippen LogP contribution in [0.4, 0.5) is 5.69 Å². The molecule has 5 heteroatoms. The fourth-order valence-corrected chi connectivity index (χ4v) is 3.06. The van der Waals surface area contributed by atoms with E-state index < -0.39 is 5.41 Å². The third-order valence-electron chi connectivity index (χ3n) is 4.39. The van der Waals surface area contributed by atoms with Gasteiger partial charge < -0.3 is 14.8 Å². The first-order valence-corrected chi connectivity index (χ1v) is 8.28. The number of hydrogen-bond acceptors (Lipinski definition) is 4. The first-order valence-electron chi connectivity index (χ1n) is 8.28. The summed E-state index contributed by atoms with van der Waals surface area (Å²) in [5, 5.41) is 3.01. The number of hydrogen-bond donors (Lipinski definition) is 1. The molecule has 0 unspecified atom stereocenters. The lowest BCUT2D eigenvalue weighted by Gasteiger charge is -2.36. The molecular formula is C19H22N2O3. The van der Waals surface area contributed by atoms with Crippen molar-refractivity contribution in [3.8, 4) is 5.88 Å². The molecule has 126 valence electrons. The fraction of sp³-hybridized carbons (Fsp3) is 0.368. The van der Waals surface area contributed by atoms with Gasteiger partial charge in [0.1, 0.15) is 0 Å². The highest BCUT2D eigenvalue weighted by atomic mass is 16.5. The molecule has 2 aromatic rings. The van der Waals surface area contributed by atoms with Crippen LogP contribution in [-0.4, -0.2) is 30.7 Å². The molecule has 1 N–H and O–H groups in total. The van der Waals surface area contributed by atoms with Crippen molar-refractivity contribution in [3.63, 3.8) is 0 Å². The number of benzene rings is 1. The van der Waals surface area contributed by atoms with Crippen LogP contribution in [-0.2, 0) is 14.9 Å². The summed E-state index contributed by atoms with van der Waals surface area (Å²) < 4.78 is 10.8. The highest BCUT2D eigenvalue weighted by molar-refractivity contribution is 5.99. The van der Waals surface area contributed by atoms with Crippen LogP contribution in [0.25, 0.3) is 0 Å². The smallest absolute Gasteiger partial charge is 0.235 e. The van der Waals surface area contributed by atoms with Crippen molar-refractivity contribution in [2.75, 3.05) is 25.1 Å². The molecule has 0 aliphatic carbocycles. The lowest BCUT2D eigenvalue weighted by Crippen LogP contribution is -2.44. The van der Waals surface area contributed by atoms with Gasteiger partial charge in [0.05, 0.1) is 23.9 Å². The van der Waals surface area contributed by atoms with E-state index in [1.165, 1.54) is 0 Å². The number of carbonyl (C=O) groups is 1. The van der Waals surface area contributed by atoms with E-state index in [1.807, 2.05) is 43.3 Å². The largest absolute Gasteiger partial charge is 0.478 e. The second-order valence-corrected chi connectivity index (χ2v) is 5.83. The number of carbonyl (C=O) groups excluding carboxylic acids is 1. The van der Waals surface area contributed by atoms with Crippen molar-refractivity contribution in [1.82, 2.24) is 4.98 Å². The predicted octanol–water partition coefficient (Wildman–Crippen LogP) is 3.17. The Balaban J connectivity index is 1.81. The molecule has 0 atom stereocenters. The van der Waals surface area contributed by atoms with Gasteiger partial charge in [0.15, 0.2) is 0 Å². The molecule has 0 bridgehead atoms. The summed E-state index contributed by atoms with van der Waals surface area (Å²) in [6.45, 7) is 3.65. The summed E-state index contributed by atoms with van der Waals surface area (Å²) >= 11 is 0. The standard InChI is InChI=1S/C19H22N2O3/c1-2-24-17-9-8-16(14-20-17)21-18(22)19(10-12-23-13-11-19)15-6-4-3-5-7-15/h3-9,14H,2,10-13H2,1H3,(H,21,22). The molecule has 1 saturated heterocycles. The van der Waals surface area contributed by atoms with Crippen LogP contribution in [0.1, 0.15) is 25.3 Å². The van der Waals surface area contributed by atoms with Crippen LogP contribution in [0.15, 0.2) is 48.7 Å². The van der Waals surface area contributed by atoms with Gasteiger partial charge >= 0.3 is 0 Å². The van der Waals surface area contributed by atoms with E-state index in [2.05, 4.69) is 10.3 Å². The fourth-order valence-electron chi connectivity index (χ4n) is 3.06. The number of rotatable bonds is 5. The summed E-state index contributed by atoms with van der Waals surface area (Å²) in [4.78, 5) is 17.3. The Kier molecular flexibility index (Phi) is 5.11. The summed E-state index contributed by atoms with van der Waals surface area (Å²) in [6.07, 6.45) is 2.97. The molecule has 2 heterocycles. The molecule has 24 heavy (non-hydrogen) atoms. The Morgan fingerprint density at radius 1 is 1.21 bits per heavy atom. The molecule has 1 aromatic heterocycles. The molecule has 1 amide bonds. The van der Waals surface area contributed by atoms with Crippen LogP contribution in [0, 0.1) is 0 Å². The topological polar surface area (TPSA) is 60.5 Å². The minimum absolute atomic E-state index is 0.0111. The van der Waals surface area contributed by atoms with Crippen molar-refractivity contribution in [1.29, 1.82) is 0 Å². The predicted molar refractivity (Wildman–Crippen MR) is 92.2 cm³/mol. The van der Waals surface area contributed by atoms with Crippen molar-refractivity contribution < 1.29 is 14.3 Å². The summed E-state index contributed by atoms with van der Waals surface area (Å²) in [7, 11) is 0. The number of amides is 1. The maximum absolute atomic E-state index is 13.1. The lowest BCUT2D eigenvalue weighted by atomic mass is 9.73. The normalized spacial score (nSPS) is 16.4. The number of nitrogens with zero attached hydrogens (tertiary/aromatic N) is 1. The Labute approximate surface area is 142 Å². The maximum atomic E-state index is 13.1. The minimum Gasteiger partial charge on any atom is -0.478 e. The zero-order chi connectivity index (χ0) is 16.8. The quantitative estimate of drug-likeness (QED) is 0.917. The van der Waals surface area contributed by atoms with E-state index >= 15 is 0 Å². The Hall–Kier alpha value is -2.40. The highest BCUT2D eigenvalue weighted by Crippen LogP contribution is 2.36. The number of ether oxygens (including phenoxy) is 2. The zero-order valence-corrected chi connectivity index (χ0v) is 13.8. The molecule has 0 radical (unpaired) electrons. The first-order chi connectivity index (χ1) is 11.7. The number of nitrogens with one attached hydrogen (secondary N) is 1. The summed E-state index contributed by atoms with van der Waals surface area (Å²) in [6, 6.07) is 13.5. The summed E-state index contributed by atoms with van der Waals surface area (Å²) in [5.41, 5.74) is 1.15.